The third-order valence-corrected chi connectivity index (χ3v) is 3.76. The van der Waals surface area contributed by atoms with E-state index in [-0.39, 0.29) is 19.0 Å². The van der Waals surface area contributed by atoms with E-state index in [1.165, 1.54) is 0 Å². The minimum atomic E-state index is -3.55. The lowest BCUT2D eigenvalue weighted by Crippen LogP contribution is -1.99. The minimum Gasteiger partial charge on any atom is -0.404 e. The van der Waals surface area contributed by atoms with Crippen molar-refractivity contribution in [2.24, 2.45) is 0 Å². The molecule has 4 nitrogen and oxygen atoms in total. The van der Waals surface area contributed by atoms with Gasteiger partial charge >= 0.3 is 7.82 Å². The van der Waals surface area contributed by atoms with E-state index in [0.717, 1.165) is 11.1 Å². The molecule has 0 saturated heterocycles. The summed E-state index contributed by atoms with van der Waals surface area (Å²) in [6.07, 6.45) is 0. The molecular formula is C13H19O4P. The van der Waals surface area contributed by atoms with Crippen LogP contribution in [0.3, 0.4) is 0 Å². The Morgan fingerprint density at radius 1 is 1.17 bits per heavy atom. The molecule has 0 fully saturated rings. The summed E-state index contributed by atoms with van der Waals surface area (Å²) in [6.45, 7) is 9.68. The Morgan fingerprint density at radius 2 is 1.67 bits per heavy atom. The van der Waals surface area contributed by atoms with Crippen molar-refractivity contribution >= 4 is 13.6 Å². The molecule has 0 heterocycles. The Bertz CT molecular complexity index is 429. The molecule has 18 heavy (non-hydrogen) atoms. The second-order valence-electron chi connectivity index (χ2n) is 3.66. The van der Waals surface area contributed by atoms with Crippen LogP contribution >= 0.6 is 7.82 Å². The number of hydrogen-bond donors (Lipinski definition) is 0. The lowest BCUT2D eigenvalue weighted by Gasteiger charge is -2.18. The van der Waals surface area contributed by atoms with E-state index in [9.17, 15) is 4.57 Å². The van der Waals surface area contributed by atoms with Crippen LogP contribution in [0.15, 0.2) is 30.8 Å². The standard InChI is InChI=1S/C13H19O4P/c1-5-15-18(14,16-6-2)17-12(4)13-9-7-11(3)8-10-13/h7-10H,4-6H2,1-3H3. The molecular weight excluding hydrogens is 251 g/mol. The molecule has 100 valence electrons. The first-order chi connectivity index (χ1) is 8.50. The molecule has 0 atom stereocenters. The Balaban J connectivity index is 2.78. The van der Waals surface area contributed by atoms with Crippen LogP contribution < -0.4 is 0 Å². The highest BCUT2D eigenvalue weighted by molar-refractivity contribution is 7.48. The van der Waals surface area contributed by atoms with Gasteiger partial charge in [-0.25, -0.2) is 4.57 Å². The second-order valence-corrected chi connectivity index (χ2v) is 5.26. The highest BCUT2D eigenvalue weighted by Gasteiger charge is 2.28. The normalized spacial score (nSPS) is 11.3. The highest BCUT2D eigenvalue weighted by Crippen LogP contribution is 2.52. The molecule has 1 aromatic rings. The van der Waals surface area contributed by atoms with Gasteiger partial charge in [0.1, 0.15) is 5.76 Å². The van der Waals surface area contributed by atoms with Crippen LogP contribution in [0.1, 0.15) is 25.0 Å². The summed E-state index contributed by atoms with van der Waals surface area (Å²) in [7, 11) is -3.55. The molecule has 0 aromatic heterocycles. The van der Waals surface area contributed by atoms with Gasteiger partial charge in [0.05, 0.1) is 13.2 Å². The van der Waals surface area contributed by atoms with Gasteiger partial charge in [-0.1, -0.05) is 36.4 Å². The van der Waals surface area contributed by atoms with Crippen molar-refractivity contribution in [1.82, 2.24) is 0 Å². The number of aryl methyl sites for hydroxylation is 1. The maximum atomic E-state index is 12.1. The van der Waals surface area contributed by atoms with Crippen LogP contribution in [0.2, 0.25) is 0 Å². The molecule has 1 rings (SSSR count). The average molecular weight is 270 g/mol. The van der Waals surface area contributed by atoms with E-state index in [2.05, 4.69) is 6.58 Å². The molecule has 0 N–H and O–H groups in total. The zero-order valence-corrected chi connectivity index (χ0v) is 11.9. The molecule has 1 aromatic carbocycles. The Labute approximate surface area is 108 Å². The predicted octanol–water partition coefficient (Wildman–Crippen LogP) is 4.16. The van der Waals surface area contributed by atoms with Crippen LogP contribution in [-0.2, 0) is 18.1 Å². The zero-order chi connectivity index (χ0) is 13.6. The van der Waals surface area contributed by atoms with Crippen LogP contribution in [0, 0.1) is 6.92 Å². The van der Waals surface area contributed by atoms with Gasteiger partial charge in [0, 0.05) is 5.56 Å². The van der Waals surface area contributed by atoms with Crippen molar-refractivity contribution in [1.29, 1.82) is 0 Å². The lowest BCUT2D eigenvalue weighted by atomic mass is 10.1. The lowest BCUT2D eigenvalue weighted by molar-refractivity contribution is 0.159. The van der Waals surface area contributed by atoms with Crippen molar-refractivity contribution in [2.75, 3.05) is 13.2 Å². The van der Waals surface area contributed by atoms with Crippen molar-refractivity contribution < 1.29 is 18.1 Å². The Hall–Kier alpha value is -1.09. The van der Waals surface area contributed by atoms with E-state index in [4.69, 9.17) is 13.6 Å². The number of rotatable bonds is 7. The summed E-state index contributed by atoms with van der Waals surface area (Å²) in [4.78, 5) is 0. The average Bonchev–Trinajstić information content (AvgIpc) is 2.30. The molecule has 0 unspecified atom stereocenters. The third-order valence-electron chi connectivity index (χ3n) is 2.17. The quantitative estimate of drug-likeness (QED) is 0.551. The first kappa shape index (κ1) is 15.0. The van der Waals surface area contributed by atoms with Gasteiger partial charge in [0.15, 0.2) is 0 Å². The summed E-state index contributed by atoms with van der Waals surface area (Å²) < 4.78 is 27.5. The van der Waals surface area contributed by atoms with E-state index < -0.39 is 7.82 Å². The van der Waals surface area contributed by atoms with Crippen LogP contribution in [0.25, 0.3) is 5.76 Å². The van der Waals surface area contributed by atoms with E-state index >= 15 is 0 Å². The number of phosphoric ester groups is 1. The van der Waals surface area contributed by atoms with Gasteiger partial charge < -0.3 is 4.52 Å². The zero-order valence-electron chi connectivity index (χ0n) is 11.0. The van der Waals surface area contributed by atoms with Crippen LogP contribution in [-0.4, -0.2) is 13.2 Å². The fraction of sp³-hybridized carbons (Fsp3) is 0.385. The van der Waals surface area contributed by atoms with Gasteiger partial charge in [0.2, 0.25) is 0 Å². The van der Waals surface area contributed by atoms with Crippen LogP contribution in [0.4, 0.5) is 0 Å². The number of benzene rings is 1. The SMILES string of the molecule is C=C(OP(=O)(OCC)OCC)c1ccc(C)cc1. The highest BCUT2D eigenvalue weighted by atomic mass is 31.2. The van der Waals surface area contributed by atoms with E-state index in [0.29, 0.717) is 0 Å². The fourth-order valence-electron chi connectivity index (χ4n) is 1.33. The summed E-state index contributed by atoms with van der Waals surface area (Å²) in [5.41, 5.74) is 1.88. The molecule has 0 radical (unpaired) electrons. The largest absolute Gasteiger partial charge is 0.530 e. The molecule has 0 aliphatic rings. The molecule has 0 aliphatic heterocycles. The fourth-order valence-corrected chi connectivity index (χ4v) is 2.52. The Kier molecular flexibility index (Phi) is 5.60. The van der Waals surface area contributed by atoms with Gasteiger partial charge in [-0.05, 0) is 20.8 Å². The molecule has 0 bridgehead atoms. The maximum Gasteiger partial charge on any atom is 0.530 e. The second kappa shape index (κ2) is 6.74. The maximum absolute atomic E-state index is 12.1. The molecule has 0 saturated carbocycles. The first-order valence-electron chi connectivity index (χ1n) is 5.85. The van der Waals surface area contributed by atoms with Gasteiger partial charge in [0.25, 0.3) is 0 Å². The van der Waals surface area contributed by atoms with Gasteiger partial charge in [-0.15, -0.1) is 0 Å². The summed E-state index contributed by atoms with van der Waals surface area (Å²) in [5.74, 6) is 0.278. The van der Waals surface area contributed by atoms with Crippen LogP contribution in [0.5, 0.6) is 0 Å². The monoisotopic (exact) mass is 270 g/mol. The molecule has 0 amide bonds. The molecule has 0 aliphatic carbocycles. The van der Waals surface area contributed by atoms with Crippen molar-refractivity contribution in [3.8, 4) is 0 Å². The van der Waals surface area contributed by atoms with Crippen molar-refractivity contribution in [3.63, 3.8) is 0 Å². The first-order valence-corrected chi connectivity index (χ1v) is 7.31. The molecule has 5 heteroatoms. The summed E-state index contributed by atoms with van der Waals surface area (Å²) in [5, 5.41) is 0. The predicted molar refractivity (Wildman–Crippen MR) is 72.2 cm³/mol. The third kappa shape index (κ3) is 4.30. The topological polar surface area (TPSA) is 44.8 Å². The van der Waals surface area contributed by atoms with Crippen molar-refractivity contribution in [2.45, 2.75) is 20.8 Å². The Morgan fingerprint density at radius 3 is 2.11 bits per heavy atom. The minimum absolute atomic E-state index is 0.248. The van der Waals surface area contributed by atoms with Crippen molar-refractivity contribution in [3.05, 3.63) is 42.0 Å². The summed E-state index contributed by atoms with van der Waals surface area (Å²) in [6, 6.07) is 7.55. The molecule has 0 spiro atoms. The van der Waals surface area contributed by atoms with Gasteiger partial charge in [-0.3, -0.25) is 9.05 Å². The van der Waals surface area contributed by atoms with Gasteiger partial charge in [-0.2, -0.15) is 0 Å². The summed E-state index contributed by atoms with van der Waals surface area (Å²) >= 11 is 0. The van der Waals surface area contributed by atoms with E-state index in [1.807, 2.05) is 31.2 Å². The number of phosphoric acid groups is 1. The number of hydrogen-bond acceptors (Lipinski definition) is 4. The van der Waals surface area contributed by atoms with E-state index in [1.54, 1.807) is 13.8 Å². The smallest absolute Gasteiger partial charge is 0.404 e.